The fraction of sp³-hybridized carbons (Fsp3) is 0. The Balaban J connectivity index is 1.70. The van der Waals surface area contributed by atoms with E-state index in [0.29, 0.717) is 22.7 Å². The summed E-state index contributed by atoms with van der Waals surface area (Å²) in [6.45, 7) is 0. The molecule has 4 aromatic carbocycles. The third kappa shape index (κ3) is 5.17. The Kier molecular flexibility index (Phi) is 7.85. The second-order valence-corrected chi connectivity index (χ2v) is 11.8. The molecular formula is C36H20O6S2. The molecule has 0 saturated carbocycles. The van der Waals surface area contributed by atoms with E-state index in [4.69, 9.17) is 0 Å². The second-order valence-electron chi connectivity index (χ2n) is 9.71. The van der Waals surface area contributed by atoms with Crippen molar-refractivity contribution in [2.24, 2.45) is 0 Å². The van der Waals surface area contributed by atoms with Crippen molar-refractivity contribution in [2.75, 3.05) is 0 Å². The number of fused-ring (bicyclic) bond motifs is 1. The van der Waals surface area contributed by atoms with Crippen LogP contribution in [-0.2, 0) is 0 Å². The summed E-state index contributed by atoms with van der Waals surface area (Å²) in [6.07, 6.45) is 0. The quantitative estimate of drug-likeness (QED) is 0.179. The normalized spacial score (nSPS) is 10.8. The van der Waals surface area contributed by atoms with Gasteiger partial charge in [-0.15, -0.1) is 22.7 Å². The minimum absolute atomic E-state index is 0.173. The summed E-state index contributed by atoms with van der Waals surface area (Å²) in [7, 11) is 0. The van der Waals surface area contributed by atoms with Gasteiger partial charge in [-0.3, -0.25) is 28.8 Å². The molecule has 0 N–H and O–H groups in total. The van der Waals surface area contributed by atoms with Crippen LogP contribution >= 0.6 is 22.7 Å². The van der Waals surface area contributed by atoms with Crippen LogP contribution in [0.15, 0.2) is 131 Å². The molecule has 6 nitrogen and oxygen atoms in total. The SMILES string of the molecule is O=C(c1ccccc1)c1sc2c(=O)c(C(=O)c3ccccc3)c(C(=O)c3ccccc3)sc2c(=O)c1C(=O)c1ccccc1. The molecule has 0 saturated heterocycles. The van der Waals surface area contributed by atoms with Gasteiger partial charge in [-0.1, -0.05) is 121 Å². The topological polar surface area (TPSA) is 102 Å². The maximum absolute atomic E-state index is 14.2. The van der Waals surface area contributed by atoms with Crippen molar-refractivity contribution in [3.8, 4) is 0 Å². The molecule has 0 spiro atoms. The second kappa shape index (κ2) is 12.0. The molecule has 2 heterocycles. The fourth-order valence-corrected chi connectivity index (χ4v) is 7.19. The van der Waals surface area contributed by atoms with Crippen LogP contribution in [-0.4, -0.2) is 23.1 Å². The highest BCUT2D eigenvalue weighted by atomic mass is 32.1. The number of benzene rings is 4. The van der Waals surface area contributed by atoms with Gasteiger partial charge in [-0.05, 0) is 0 Å². The monoisotopic (exact) mass is 612 g/mol. The van der Waals surface area contributed by atoms with E-state index in [1.54, 1.807) is 97.1 Å². The smallest absolute Gasteiger partial charge is 0.210 e. The van der Waals surface area contributed by atoms with Gasteiger partial charge in [0.25, 0.3) is 0 Å². The molecular weight excluding hydrogens is 593 g/mol. The highest BCUT2D eigenvalue weighted by Gasteiger charge is 2.31. The number of ketones is 4. The van der Waals surface area contributed by atoms with E-state index in [9.17, 15) is 28.8 Å². The maximum Gasteiger partial charge on any atom is 0.210 e. The van der Waals surface area contributed by atoms with Crippen LogP contribution in [0.25, 0.3) is 9.40 Å². The molecule has 44 heavy (non-hydrogen) atoms. The van der Waals surface area contributed by atoms with Crippen LogP contribution < -0.4 is 10.9 Å². The lowest BCUT2D eigenvalue weighted by Gasteiger charge is -2.12. The molecule has 8 heteroatoms. The first-order valence-corrected chi connectivity index (χ1v) is 15.1. The van der Waals surface area contributed by atoms with Crippen LogP contribution in [0.4, 0.5) is 0 Å². The zero-order chi connectivity index (χ0) is 30.8. The fourth-order valence-electron chi connectivity index (χ4n) is 4.77. The van der Waals surface area contributed by atoms with Crippen molar-refractivity contribution in [3.63, 3.8) is 0 Å². The van der Waals surface area contributed by atoms with Crippen molar-refractivity contribution < 1.29 is 19.2 Å². The first kappa shape index (κ1) is 28.7. The predicted octanol–water partition coefficient (Wildman–Crippen LogP) is 6.61. The van der Waals surface area contributed by atoms with E-state index in [-0.39, 0.29) is 41.4 Å². The maximum atomic E-state index is 14.2. The Bertz CT molecular complexity index is 2040. The third-order valence-electron chi connectivity index (χ3n) is 6.95. The largest absolute Gasteiger partial charge is 0.288 e. The van der Waals surface area contributed by atoms with Crippen molar-refractivity contribution in [1.29, 1.82) is 0 Å². The summed E-state index contributed by atoms with van der Waals surface area (Å²) in [4.78, 5) is 83.3. The Labute approximate surface area is 258 Å². The molecule has 0 amide bonds. The third-order valence-corrected chi connectivity index (χ3v) is 9.45. The summed E-state index contributed by atoms with van der Waals surface area (Å²) in [6, 6.07) is 32.3. The van der Waals surface area contributed by atoms with E-state index in [1.165, 1.54) is 24.3 Å². The Hall–Kier alpha value is -5.44. The highest BCUT2D eigenvalue weighted by Crippen LogP contribution is 2.31. The molecule has 0 fully saturated rings. The number of rotatable bonds is 8. The predicted molar refractivity (Wildman–Crippen MR) is 172 cm³/mol. The number of carbonyl (C=O) groups excluding carboxylic acids is 4. The molecule has 0 unspecified atom stereocenters. The highest BCUT2D eigenvalue weighted by molar-refractivity contribution is 7.27. The van der Waals surface area contributed by atoms with Gasteiger partial charge in [0, 0.05) is 22.3 Å². The molecule has 0 aliphatic rings. The van der Waals surface area contributed by atoms with Crippen molar-refractivity contribution >= 4 is 55.2 Å². The number of carbonyl (C=O) groups is 4. The number of hydrogen-bond acceptors (Lipinski definition) is 8. The lowest BCUT2D eigenvalue weighted by molar-refractivity contribution is 0.100. The van der Waals surface area contributed by atoms with Gasteiger partial charge in [0.2, 0.25) is 22.4 Å². The summed E-state index contributed by atoms with van der Waals surface area (Å²) in [5, 5.41) is 0. The van der Waals surface area contributed by atoms with Crippen LogP contribution in [0.1, 0.15) is 62.3 Å². The van der Waals surface area contributed by atoms with Gasteiger partial charge < -0.3 is 0 Å². The summed E-state index contributed by atoms with van der Waals surface area (Å²) >= 11 is 1.37. The Morgan fingerprint density at radius 2 is 0.614 bits per heavy atom. The summed E-state index contributed by atoms with van der Waals surface area (Å²) < 4.78 is -0.347. The Morgan fingerprint density at radius 3 is 0.886 bits per heavy atom. The van der Waals surface area contributed by atoms with E-state index >= 15 is 0 Å². The average molecular weight is 613 g/mol. The molecule has 0 aliphatic heterocycles. The summed E-state index contributed by atoms with van der Waals surface area (Å²) in [5.41, 5.74) is -1.68. The average Bonchev–Trinajstić information content (AvgIpc) is 3.08. The molecule has 0 bridgehead atoms. The van der Waals surface area contributed by atoms with Gasteiger partial charge in [0.1, 0.15) is 0 Å². The van der Waals surface area contributed by atoms with Crippen LogP contribution in [0.3, 0.4) is 0 Å². The standard InChI is InChI=1S/C36H20O6S2/c37-27(21-13-5-1-6-14-21)25-31(41)35-36(43-33(25)29(39)23-17-9-3-10-18-23)32(42)26(28(38)22-15-7-2-8-16-22)34(44-35)30(40)24-19-11-4-12-20-24/h1-20H. The van der Waals surface area contributed by atoms with Crippen LogP contribution in [0, 0.1) is 0 Å². The molecule has 2 aromatic heterocycles. The minimum Gasteiger partial charge on any atom is -0.288 e. The van der Waals surface area contributed by atoms with Crippen molar-refractivity contribution in [2.45, 2.75) is 0 Å². The zero-order valence-corrected chi connectivity index (χ0v) is 24.4. The van der Waals surface area contributed by atoms with E-state index in [1.807, 2.05) is 0 Å². The summed E-state index contributed by atoms with van der Waals surface area (Å²) in [5.74, 6) is -2.60. The first-order valence-electron chi connectivity index (χ1n) is 13.4. The Morgan fingerprint density at radius 1 is 0.364 bits per heavy atom. The molecule has 6 aromatic rings. The first-order chi connectivity index (χ1) is 21.4. The molecule has 212 valence electrons. The van der Waals surface area contributed by atoms with Gasteiger partial charge in [-0.25, -0.2) is 0 Å². The number of hydrogen-bond donors (Lipinski definition) is 0. The molecule has 6 rings (SSSR count). The minimum atomic E-state index is -0.852. The van der Waals surface area contributed by atoms with Gasteiger partial charge in [0.15, 0.2) is 11.6 Å². The van der Waals surface area contributed by atoms with E-state index < -0.39 is 45.1 Å². The van der Waals surface area contributed by atoms with Gasteiger partial charge >= 0.3 is 0 Å². The molecule has 0 atom stereocenters. The van der Waals surface area contributed by atoms with Crippen molar-refractivity contribution in [3.05, 3.63) is 185 Å². The van der Waals surface area contributed by atoms with Crippen molar-refractivity contribution in [1.82, 2.24) is 0 Å². The van der Waals surface area contributed by atoms with Gasteiger partial charge in [-0.2, -0.15) is 0 Å². The zero-order valence-electron chi connectivity index (χ0n) is 22.8. The van der Waals surface area contributed by atoms with Crippen LogP contribution in [0.2, 0.25) is 0 Å². The lowest BCUT2D eigenvalue weighted by Crippen LogP contribution is -2.25. The van der Waals surface area contributed by atoms with E-state index in [2.05, 4.69) is 0 Å². The molecule has 0 radical (unpaired) electrons. The van der Waals surface area contributed by atoms with Crippen LogP contribution in [0.5, 0.6) is 0 Å². The van der Waals surface area contributed by atoms with Gasteiger partial charge in [0.05, 0.1) is 30.3 Å². The molecule has 0 aliphatic carbocycles. The van der Waals surface area contributed by atoms with E-state index in [0.717, 1.165) is 0 Å². The lowest BCUT2D eigenvalue weighted by atomic mass is 9.98.